The van der Waals surface area contributed by atoms with Crippen LogP contribution in [0.2, 0.25) is 0 Å². The van der Waals surface area contributed by atoms with E-state index in [1.54, 1.807) is 0 Å². The van der Waals surface area contributed by atoms with Crippen molar-refractivity contribution in [2.75, 3.05) is 18.1 Å². The normalized spacial score (nSPS) is 20.2. The van der Waals surface area contributed by atoms with Crippen molar-refractivity contribution in [1.82, 2.24) is 0 Å². The van der Waals surface area contributed by atoms with E-state index in [0.29, 0.717) is 13.0 Å². The van der Waals surface area contributed by atoms with Crippen LogP contribution in [0, 0.1) is 0 Å². The molecule has 1 aromatic carbocycles. The van der Waals surface area contributed by atoms with Crippen molar-refractivity contribution < 1.29 is 13.2 Å². The van der Waals surface area contributed by atoms with Crippen LogP contribution in [-0.2, 0) is 9.84 Å². The number of sulfone groups is 1. The van der Waals surface area contributed by atoms with Crippen LogP contribution in [-0.4, -0.2) is 32.6 Å². The summed E-state index contributed by atoms with van der Waals surface area (Å²) in [5, 5.41) is 0. The minimum Gasteiger partial charge on any atom is -0.493 e. The molecule has 4 nitrogen and oxygen atoms in total. The van der Waals surface area contributed by atoms with Gasteiger partial charge >= 0.3 is 0 Å². The zero-order valence-electron chi connectivity index (χ0n) is 10.5. The number of ether oxygens (including phenoxy) is 1. The van der Waals surface area contributed by atoms with Gasteiger partial charge in [0.2, 0.25) is 0 Å². The second-order valence-corrected chi connectivity index (χ2v) is 6.94. The van der Waals surface area contributed by atoms with Crippen LogP contribution in [0.4, 0.5) is 0 Å². The van der Waals surface area contributed by atoms with Crippen molar-refractivity contribution in [2.45, 2.75) is 25.3 Å². The largest absolute Gasteiger partial charge is 0.493 e. The summed E-state index contributed by atoms with van der Waals surface area (Å²) in [5.41, 5.74) is 6.71. The number of rotatable bonds is 5. The lowest BCUT2D eigenvalue weighted by Gasteiger charge is -2.13. The molecule has 1 aliphatic heterocycles. The Morgan fingerprint density at radius 2 is 2.17 bits per heavy atom. The van der Waals surface area contributed by atoms with Crippen molar-refractivity contribution in [3.8, 4) is 5.75 Å². The predicted molar refractivity (Wildman–Crippen MR) is 71.6 cm³/mol. The summed E-state index contributed by atoms with van der Waals surface area (Å²) in [6.45, 7) is 2.34. The number of fused-ring (bicyclic) bond motifs is 1. The van der Waals surface area contributed by atoms with Crippen LogP contribution in [0.5, 0.6) is 5.75 Å². The minimum absolute atomic E-state index is 0.0577. The summed E-state index contributed by atoms with van der Waals surface area (Å²) in [7, 11) is -3.12. The number of para-hydroxylation sites is 1. The Bertz CT molecular complexity index is 513. The fraction of sp³-hybridized carbons (Fsp3) is 0.538. The first-order chi connectivity index (χ1) is 8.52. The van der Waals surface area contributed by atoms with Crippen LogP contribution in [0.25, 0.3) is 0 Å². The van der Waals surface area contributed by atoms with Gasteiger partial charge in [-0.2, -0.15) is 0 Å². The van der Waals surface area contributed by atoms with Crippen molar-refractivity contribution >= 4 is 9.84 Å². The van der Waals surface area contributed by atoms with E-state index in [4.69, 9.17) is 10.5 Å². The minimum atomic E-state index is -3.12. The molecule has 1 aromatic rings. The maximum atomic E-state index is 12.0. The third-order valence-electron chi connectivity index (χ3n) is 3.25. The van der Waals surface area contributed by atoms with Crippen molar-refractivity contribution in [1.29, 1.82) is 0 Å². The Kier molecular flexibility index (Phi) is 3.92. The van der Waals surface area contributed by atoms with E-state index in [0.717, 1.165) is 11.3 Å². The molecule has 1 aliphatic rings. The molecule has 2 unspecified atom stereocenters. The maximum absolute atomic E-state index is 12.0. The molecule has 0 spiro atoms. The summed E-state index contributed by atoms with van der Waals surface area (Å²) in [5.74, 6) is 0.924. The quantitative estimate of drug-likeness (QED) is 0.875. The van der Waals surface area contributed by atoms with E-state index in [1.807, 2.05) is 31.2 Å². The Morgan fingerprint density at radius 1 is 1.44 bits per heavy atom. The van der Waals surface area contributed by atoms with E-state index in [2.05, 4.69) is 0 Å². The monoisotopic (exact) mass is 269 g/mol. The van der Waals surface area contributed by atoms with Crippen LogP contribution < -0.4 is 10.5 Å². The fourth-order valence-electron chi connectivity index (χ4n) is 2.19. The van der Waals surface area contributed by atoms with Crippen molar-refractivity contribution in [3.05, 3.63) is 29.8 Å². The molecule has 0 fully saturated rings. The lowest BCUT2D eigenvalue weighted by Crippen LogP contribution is -2.31. The van der Waals surface area contributed by atoms with Gasteiger partial charge < -0.3 is 10.5 Å². The molecule has 100 valence electrons. The molecule has 0 bridgehead atoms. The first-order valence-electron chi connectivity index (χ1n) is 6.19. The van der Waals surface area contributed by atoms with Gasteiger partial charge in [0.25, 0.3) is 0 Å². The standard InChI is InChI=1S/C13H19NO3S/c1-2-11(14)9-18(15,16)8-10-7-17-13-6-4-3-5-12(10)13/h3-6,10-11H,2,7-9,14H2,1H3. The number of nitrogens with two attached hydrogens (primary N) is 1. The molecule has 1 heterocycles. The molecule has 18 heavy (non-hydrogen) atoms. The van der Waals surface area contributed by atoms with Gasteiger partial charge in [-0.25, -0.2) is 8.42 Å². The average Bonchev–Trinajstić information content (AvgIpc) is 2.71. The Morgan fingerprint density at radius 3 is 2.89 bits per heavy atom. The van der Waals surface area contributed by atoms with E-state index in [-0.39, 0.29) is 23.5 Å². The lowest BCUT2D eigenvalue weighted by molar-refractivity contribution is 0.337. The van der Waals surface area contributed by atoms with Crippen LogP contribution in [0.1, 0.15) is 24.8 Å². The van der Waals surface area contributed by atoms with E-state index < -0.39 is 9.84 Å². The summed E-state index contributed by atoms with van der Waals surface area (Å²) in [6.07, 6.45) is 0.678. The average molecular weight is 269 g/mol. The SMILES string of the molecule is CCC(N)CS(=O)(=O)CC1COc2ccccc21. The lowest BCUT2D eigenvalue weighted by atomic mass is 10.0. The molecule has 0 radical (unpaired) electrons. The molecule has 2 atom stereocenters. The van der Waals surface area contributed by atoms with Gasteiger partial charge in [0.15, 0.2) is 9.84 Å². The molecule has 0 amide bonds. The summed E-state index contributed by atoms with van der Waals surface area (Å²) in [6, 6.07) is 7.34. The van der Waals surface area contributed by atoms with E-state index in [9.17, 15) is 8.42 Å². The van der Waals surface area contributed by atoms with Gasteiger partial charge in [0.05, 0.1) is 18.1 Å². The summed E-state index contributed by atoms with van der Waals surface area (Å²) < 4.78 is 29.6. The smallest absolute Gasteiger partial charge is 0.152 e. The molecule has 0 aliphatic carbocycles. The third-order valence-corrected chi connectivity index (χ3v) is 5.09. The summed E-state index contributed by atoms with van der Waals surface area (Å²) in [4.78, 5) is 0. The Labute approximate surface area is 108 Å². The van der Waals surface area contributed by atoms with Gasteiger partial charge in [0, 0.05) is 17.5 Å². The molecular formula is C13H19NO3S. The maximum Gasteiger partial charge on any atom is 0.152 e. The zero-order chi connectivity index (χ0) is 13.2. The van der Waals surface area contributed by atoms with Crippen LogP contribution >= 0.6 is 0 Å². The van der Waals surface area contributed by atoms with Gasteiger partial charge in [-0.05, 0) is 12.5 Å². The highest BCUT2D eigenvalue weighted by Gasteiger charge is 2.29. The highest BCUT2D eigenvalue weighted by atomic mass is 32.2. The molecule has 2 N–H and O–H groups in total. The topological polar surface area (TPSA) is 69.4 Å². The van der Waals surface area contributed by atoms with Gasteiger partial charge in [-0.3, -0.25) is 0 Å². The molecule has 5 heteroatoms. The highest BCUT2D eigenvalue weighted by Crippen LogP contribution is 2.34. The first-order valence-corrected chi connectivity index (χ1v) is 8.01. The molecule has 2 rings (SSSR count). The molecule has 0 saturated carbocycles. The predicted octanol–water partition coefficient (Wildman–Crippen LogP) is 1.31. The fourth-order valence-corrected chi connectivity index (χ4v) is 4.10. The van der Waals surface area contributed by atoms with Crippen LogP contribution in [0.15, 0.2) is 24.3 Å². The second-order valence-electron chi connectivity index (χ2n) is 4.79. The first kappa shape index (κ1) is 13.4. The highest BCUT2D eigenvalue weighted by molar-refractivity contribution is 7.91. The van der Waals surface area contributed by atoms with E-state index >= 15 is 0 Å². The van der Waals surface area contributed by atoms with Gasteiger partial charge in [-0.1, -0.05) is 25.1 Å². The van der Waals surface area contributed by atoms with Crippen LogP contribution in [0.3, 0.4) is 0 Å². The molecule has 0 saturated heterocycles. The Hall–Kier alpha value is -1.07. The van der Waals surface area contributed by atoms with Crippen molar-refractivity contribution in [2.24, 2.45) is 5.73 Å². The molecule has 0 aromatic heterocycles. The van der Waals surface area contributed by atoms with Gasteiger partial charge in [-0.15, -0.1) is 0 Å². The molecular weight excluding hydrogens is 250 g/mol. The van der Waals surface area contributed by atoms with Crippen molar-refractivity contribution in [3.63, 3.8) is 0 Å². The van der Waals surface area contributed by atoms with Gasteiger partial charge in [0.1, 0.15) is 5.75 Å². The number of benzene rings is 1. The zero-order valence-corrected chi connectivity index (χ0v) is 11.3. The van der Waals surface area contributed by atoms with E-state index in [1.165, 1.54) is 0 Å². The number of hydrogen-bond acceptors (Lipinski definition) is 4. The second kappa shape index (κ2) is 5.28. The summed E-state index contributed by atoms with van der Waals surface area (Å²) >= 11 is 0. The number of hydrogen-bond donors (Lipinski definition) is 1. The Balaban J connectivity index is 2.08. The third kappa shape index (κ3) is 3.03.